The van der Waals surface area contributed by atoms with E-state index in [1.807, 2.05) is 34.6 Å². The molecule has 0 saturated heterocycles. The van der Waals surface area contributed by atoms with Crippen molar-refractivity contribution in [2.75, 3.05) is 26.4 Å². The van der Waals surface area contributed by atoms with Crippen LogP contribution in [0.3, 0.4) is 0 Å². The topological polar surface area (TPSA) is 66.3 Å². The predicted molar refractivity (Wildman–Crippen MR) is 82.6 cm³/mol. The average Bonchev–Trinajstić information content (AvgIpc) is 2.47. The Kier molecular flexibility index (Phi) is 10.8. The van der Waals surface area contributed by atoms with E-state index in [-0.39, 0.29) is 0 Å². The first-order chi connectivity index (χ1) is 10.1. The standard InChI is InChI=1S/C14H29NO5Si/c1-6-14(7-2,11-12-15-13-16)20-21(17-8-3,18-9-4)19-10-5/h6-12H2,1-5H3. The molecule has 0 aliphatic heterocycles. The predicted octanol–water partition coefficient (Wildman–Crippen LogP) is 2.83. The van der Waals surface area contributed by atoms with E-state index < -0.39 is 14.6 Å². The molecule has 0 atom stereocenters. The van der Waals surface area contributed by atoms with E-state index in [1.54, 1.807) is 6.08 Å². The molecule has 6 nitrogen and oxygen atoms in total. The van der Waals surface area contributed by atoms with Gasteiger partial charge in [0.2, 0.25) is 6.08 Å². The number of nitrogens with zero attached hydrogens (tertiary/aromatic N) is 1. The summed E-state index contributed by atoms with van der Waals surface area (Å²) in [7, 11) is -3.17. The van der Waals surface area contributed by atoms with Gasteiger partial charge in [-0.15, -0.1) is 0 Å². The van der Waals surface area contributed by atoms with Gasteiger partial charge in [0.15, 0.2) is 0 Å². The zero-order valence-electron chi connectivity index (χ0n) is 13.9. The third kappa shape index (κ3) is 6.82. The molecule has 0 bridgehead atoms. The van der Waals surface area contributed by atoms with E-state index in [0.29, 0.717) is 32.8 Å². The zero-order valence-corrected chi connectivity index (χ0v) is 14.9. The minimum absolute atomic E-state index is 0.375. The summed E-state index contributed by atoms with van der Waals surface area (Å²) in [6.45, 7) is 11.5. The fraction of sp³-hybridized carbons (Fsp3) is 0.929. The molecule has 0 N–H and O–H groups in total. The second-order valence-electron chi connectivity index (χ2n) is 4.51. The van der Waals surface area contributed by atoms with Crippen molar-refractivity contribution in [1.29, 1.82) is 0 Å². The number of rotatable bonds is 13. The Morgan fingerprint density at radius 1 is 0.952 bits per heavy atom. The highest BCUT2D eigenvalue weighted by Crippen LogP contribution is 2.30. The first-order valence-corrected chi connectivity index (χ1v) is 9.36. The maximum absolute atomic E-state index is 10.3. The molecule has 7 heteroatoms. The van der Waals surface area contributed by atoms with Crippen molar-refractivity contribution in [2.45, 2.75) is 59.5 Å². The Morgan fingerprint density at radius 3 is 1.76 bits per heavy atom. The van der Waals surface area contributed by atoms with Crippen LogP contribution in [0.1, 0.15) is 53.9 Å². The van der Waals surface area contributed by atoms with Gasteiger partial charge in [0.1, 0.15) is 0 Å². The van der Waals surface area contributed by atoms with Gasteiger partial charge in [0.05, 0.1) is 12.1 Å². The van der Waals surface area contributed by atoms with Crippen LogP contribution in [-0.4, -0.2) is 47.1 Å². The van der Waals surface area contributed by atoms with Gasteiger partial charge in [-0.3, -0.25) is 0 Å². The van der Waals surface area contributed by atoms with Gasteiger partial charge < -0.3 is 17.7 Å². The monoisotopic (exact) mass is 319 g/mol. The van der Waals surface area contributed by atoms with Gasteiger partial charge in [-0.2, -0.15) is 0 Å². The van der Waals surface area contributed by atoms with Crippen molar-refractivity contribution >= 4 is 15.1 Å². The van der Waals surface area contributed by atoms with Crippen LogP contribution in [0.4, 0.5) is 0 Å². The third-order valence-electron chi connectivity index (χ3n) is 3.34. The van der Waals surface area contributed by atoms with Crippen molar-refractivity contribution < 1.29 is 22.5 Å². The fourth-order valence-electron chi connectivity index (χ4n) is 2.11. The smallest absolute Gasteiger partial charge is 0.351 e. The summed E-state index contributed by atoms with van der Waals surface area (Å²) >= 11 is 0. The quantitative estimate of drug-likeness (QED) is 0.297. The summed E-state index contributed by atoms with van der Waals surface area (Å²) in [5.74, 6) is 0. The molecule has 0 fully saturated rings. The minimum atomic E-state index is -3.17. The van der Waals surface area contributed by atoms with Crippen molar-refractivity contribution in [2.24, 2.45) is 4.99 Å². The minimum Gasteiger partial charge on any atom is -0.351 e. The average molecular weight is 319 g/mol. The van der Waals surface area contributed by atoms with Gasteiger partial charge in [-0.1, -0.05) is 13.8 Å². The zero-order chi connectivity index (χ0) is 16.2. The van der Waals surface area contributed by atoms with Crippen molar-refractivity contribution in [3.8, 4) is 0 Å². The lowest BCUT2D eigenvalue weighted by Gasteiger charge is -2.38. The molecule has 0 heterocycles. The Hall–Kier alpha value is -0.563. The molecular weight excluding hydrogens is 290 g/mol. The molecule has 0 aromatic heterocycles. The van der Waals surface area contributed by atoms with E-state index in [1.165, 1.54) is 0 Å². The van der Waals surface area contributed by atoms with E-state index in [0.717, 1.165) is 12.8 Å². The van der Waals surface area contributed by atoms with Crippen LogP contribution >= 0.6 is 0 Å². The highest BCUT2D eigenvalue weighted by molar-refractivity contribution is 6.53. The summed E-state index contributed by atoms with van der Waals surface area (Å²) in [4.78, 5) is 13.9. The Labute approximate surface area is 129 Å². The fourth-order valence-corrected chi connectivity index (χ4v) is 4.52. The van der Waals surface area contributed by atoms with Crippen molar-refractivity contribution in [3.05, 3.63) is 0 Å². The molecule has 0 rings (SSSR count). The highest BCUT2D eigenvalue weighted by Gasteiger charge is 2.50. The summed E-state index contributed by atoms with van der Waals surface area (Å²) in [5.41, 5.74) is -0.466. The van der Waals surface area contributed by atoms with Crippen molar-refractivity contribution in [3.63, 3.8) is 0 Å². The van der Waals surface area contributed by atoms with Gasteiger partial charge in [0.25, 0.3) is 0 Å². The maximum atomic E-state index is 10.3. The summed E-state index contributed by atoms with van der Waals surface area (Å²) in [6, 6.07) is 0. The largest absolute Gasteiger partial charge is 0.680 e. The lowest BCUT2D eigenvalue weighted by molar-refractivity contribution is -0.0957. The molecule has 0 saturated carbocycles. The first kappa shape index (κ1) is 20.4. The molecule has 0 unspecified atom stereocenters. The molecule has 0 aromatic carbocycles. The SMILES string of the molecule is CCO[Si](OCC)(OCC)OC(CC)(CC)CCN=C=O. The van der Waals surface area contributed by atoms with Gasteiger partial charge in [-0.05, 0) is 40.0 Å². The molecule has 0 aromatic rings. The molecule has 0 aliphatic carbocycles. The maximum Gasteiger partial charge on any atom is 0.680 e. The van der Waals surface area contributed by atoms with Crippen molar-refractivity contribution in [1.82, 2.24) is 0 Å². The van der Waals surface area contributed by atoms with Crippen LogP contribution in [0.2, 0.25) is 0 Å². The number of hydrogen-bond acceptors (Lipinski definition) is 6. The molecule has 0 amide bonds. The van der Waals surface area contributed by atoms with Crippen LogP contribution < -0.4 is 0 Å². The molecule has 0 aliphatic rings. The number of hydrogen-bond donors (Lipinski definition) is 0. The molecular formula is C14H29NO5Si. The lowest BCUT2D eigenvalue weighted by Crippen LogP contribution is -2.55. The van der Waals surface area contributed by atoms with E-state index >= 15 is 0 Å². The van der Waals surface area contributed by atoms with Gasteiger partial charge in [0, 0.05) is 19.8 Å². The van der Waals surface area contributed by atoms with Crippen LogP contribution in [-0.2, 0) is 22.5 Å². The number of isocyanates is 1. The molecule has 0 spiro atoms. The Balaban J connectivity index is 5.20. The molecule has 124 valence electrons. The summed E-state index contributed by atoms with van der Waals surface area (Å²) < 4.78 is 23.5. The van der Waals surface area contributed by atoms with Crippen LogP contribution in [0.25, 0.3) is 0 Å². The lowest BCUT2D eigenvalue weighted by atomic mass is 9.94. The molecule has 0 radical (unpaired) electrons. The van der Waals surface area contributed by atoms with Crippen LogP contribution in [0.5, 0.6) is 0 Å². The van der Waals surface area contributed by atoms with Gasteiger partial charge >= 0.3 is 9.05 Å². The third-order valence-corrected chi connectivity index (χ3v) is 5.95. The Morgan fingerprint density at radius 2 is 1.43 bits per heavy atom. The first-order valence-electron chi connectivity index (χ1n) is 7.73. The molecule has 21 heavy (non-hydrogen) atoms. The highest BCUT2D eigenvalue weighted by atomic mass is 28.4. The van der Waals surface area contributed by atoms with Gasteiger partial charge in [-0.25, -0.2) is 9.79 Å². The van der Waals surface area contributed by atoms with Crippen LogP contribution in [0.15, 0.2) is 4.99 Å². The van der Waals surface area contributed by atoms with E-state index in [4.69, 9.17) is 17.7 Å². The van der Waals surface area contributed by atoms with E-state index in [2.05, 4.69) is 4.99 Å². The second-order valence-corrected chi connectivity index (χ2v) is 6.58. The number of carbonyl (C=O) groups excluding carboxylic acids is 1. The van der Waals surface area contributed by atoms with Crippen LogP contribution in [0, 0.1) is 0 Å². The number of aliphatic imine (C=N–C) groups is 1. The second kappa shape index (κ2) is 11.1. The normalized spacial score (nSPS) is 12.2. The summed E-state index contributed by atoms with van der Waals surface area (Å²) in [5, 5.41) is 0. The Bertz CT molecular complexity index is 299. The van der Waals surface area contributed by atoms with E-state index in [9.17, 15) is 4.79 Å². The summed E-state index contributed by atoms with van der Waals surface area (Å²) in [6.07, 6.45) is 3.70.